The van der Waals surface area contributed by atoms with Crippen molar-refractivity contribution >= 4 is 5.97 Å². The van der Waals surface area contributed by atoms with Gasteiger partial charge in [-0.25, -0.2) is 0 Å². The first-order valence-electron chi connectivity index (χ1n) is 5.04. The van der Waals surface area contributed by atoms with Crippen LogP contribution in [0.1, 0.15) is 11.7 Å². The summed E-state index contributed by atoms with van der Waals surface area (Å²) in [7, 11) is 1.22. The number of methoxy groups -OCH3 is 1. The van der Waals surface area contributed by atoms with Gasteiger partial charge < -0.3 is 25.1 Å². The molecule has 1 aliphatic rings. The predicted molar refractivity (Wildman–Crippen MR) is 57.5 cm³/mol. The zero-order chi connectivity index (χ0) is 12.4. The van der Waals surface area contributed by atoms with E-state index < -0.39 is 18.1 Å². The highest BCUT2D eigenvalue weighted by Gasteiger charge is 2.26. The fourth-order valence-corrected chi connectivity index (χ4v) is 1.57. The second-order valence-electron chi connectivity index (χ2n) is 3.61. The number of nitrogens with two attached hydrogens (primary N) is 1. The summed E-state index contributed by atoms with van der Waals surface area (Å²) in [5.41, 5.74) is 6.03. The molecule has 0 aliphatic carbocycles. The van der Waals surface area contributed by atoms with Crippen molar-refractivity contribution < 1.29 is 24.1 Å². The SMILES string of the molecule is COC(=O)[C@@H](N)C(O)c1ccc2c(c1)OCO2. The minimum absolute atomic E-state index is 0.151. The van der Waals surface area contributed by atoms with Crippen molar-refractivity contribution in [2.45, 2.75) is 12.1 Å². The van der Waals surface area contributed by atoms with Gasteiger partial charge in [0, 0.05) is 0 Å². The van der Waals surface area contributed by atoms with Gasteiger partial charge in [0.15, 0.2) is 11.5 Å². The lowest BCUT2D eigenvalue weighted by Crippen LogP contribution is -2.37. The molecule has 92 valence electrons. The van der Waals surface area contributed by atoms with Crippen LogP contribution < -0.4 is 15.2 Å². The molecule has 1 unspecified atom stereocenters. The number of ether oxygens (including phenoxy) is 3. The first-order chi connectivity index (χ1) is 8.13. The van der Waals surface area contributed by atoms with E-state index >= 15 is 0 Å². The highest BCUT2D eigenvalue weighted by molar-refractivity contribution is 5.76. The van der Waals surface area contributed by atoms with E-state index in [0.29, 0.717) is 17.1 Å². The molecule has 0 amide bonds. The van der Waals surface area contributed by atoms with E-state index in [2.05, 4.69) is 4.74 Å². The highest BCUT2D eigenvalue weighted by atomic mass is 16.7. The van der Waals surface area contributed by atoms with Gasteiger partial charge in [0.1, 0.15) is 12.1 Å². The van der Waals surface area contributed by atoms with Crippen molar-refractivity contribution in [3.05, 3.63) is 23.8 Å². The molecule has 0 fully saturated rings. The summed E-state index contributed by atoms with van der Waals surface area (Å²) in [6.45, 7) is 0.151. The first-order valence-corrected chi connectivity index (χ1v) is 5.04. The van der Waals surface area contributed by atoms with E-state index in [4.69, 9.17) is 15.2 Å². The van der Waals surface area contributed by atoms with Crippen molar-refractivity contribution in [2.24, 2.45) is 5.73 Å². The highest BCUT2D eigenvalue weighted by Crippen LogP contribution is 2.34. The lowest BCUT2D eigenvalue weighted by atomic mass is 10.0. The van der Waals surface area contributed by atoms with E-state index in [1.54, 1.807) is 18.2 Å². The van der Waals surface area contributed by atoms with Crippen molar-refractivity contribution in [3.63, 3.8) is 0 Å². The number of fused-ring (bicyclic) bond motifs is 1. The average molecular weight is 239 g/mol. The first kappa shape index (κ1) is 11.7. The molecule has 17 heavy (non-hydrogen) atoms. The fraction of sp³-hybridized carbons (Fsp3) is 0.364. The van der Waals surface area contributed by atoms with Crippen LogP contribution in [0, 0.1) is 0 Å². The third-order valence-corrected chi connectivity index (χ3v) is 2.55. The molecule has 1 aliphatic heterocycles. The second kappa shape index (κ2) is 4.60. The summed E-state index contributed by atoms with van der Waals surface area (Å²) in [6.07, 6.45) is -1.14. The van der Waals surface area contributed by atoms with Gasteiger partial charge in [0.05, 0.1) is 7.11 Å². The minimum atomic E-state index is -1.14. The molecule has 0 bridgehead atoms. The lowest BCUT2D eigenvalue weighted by Gasteiger charge is -2.17. The maximum atomic E-state index is 11.2. The summed E-state index contributed by atoms with van der Waals surface area (Å²) in [6, 6.07) is 3.75. The third-order valence-electron chi connectivity index (χ3n) is 2.55. The molecule has 2 atom stereocenters. The summed E-state index contributed by atoms with van der Waals surface area (Å²) in [4.78, 5) is 11.2. The van der Waals surface area contributed by atoms with Crippen molar-refractivity contribution in [2.75, 3.05) is 13.9 Å². The van der Waals surface area contributed by atoms with Crippen LogP contribution in [-0.4, -0.2) is 31.0 Å². The van der Waals surface area contributed by atoms with E-state index in [1.807, 2.05) is 0 Å². The Morgan fingerprint density at radius 1 is 1.47 bits per heavy atom. The van der Waals surface area contributed by atoms with Gasteiger partial charge in [0.2, 0.25) is 6.79 Å². The van der Waals surface area contributed by atoms with Gasteiger partial charge in [-0.3, -0.25) is 4.79 Å². The van der Waals surface area contributed by atoms with Crippen LogP contribution >= 0.6 is 0 Å². The quantitative estimate of drug-likeness (QED) is 0.718. The Hall–Kier alpha value is -1.79. The summed E-state index contributed by atoms with van der Waals surface area (Å²) in [5, 5.41) is 9.90. The monoisotopic (exact) mass is 239 g/mol. The van der Waals surface area contributed by atoms with Gasteiger partial charge in [-0.1, -0.05) is 6.07 Å². The van der Waals surface area contributed by atoms with E-state index in [0.717, 1.165) is 0 Å². The molecule has 1 aromatic carbocycles. The fourth-order valence-electron chi connectivity index (χ4n) is 1.57. The number of aliphatic hydroxyl groups is 1. The maximum Gasteiger partial charge on any atom is 0.325 e. The van der Waals surface area contributed by atoms with Crippen LogP contribution in [-0.2, 0) is 9.53 Å². The maximum absolute atomic E-state index is 11.2. The molecule has 1 aromatic rings. The smallest absolute Gasteiger partial charge is 0.325 e. The average Bonchev–Trinajstić information content (AvgIpc) is 2.83. The van der Waals surface area contributed by atoms with Crippen LogP contribution in [0.4, 0.5) is 0 Å². The molecule has 6 heteroatoms. The molecule has 0 spiro atoms. The van der Waals surface area contributed by atoms with Gasteiger partial charge in [-0.2, -0.15) is 0 Å². The molecule has 6 nitrogen and oxygen atoms in total. The summed E-state index contributed by atoms with van der Waals surface area (Å²) in [5.74, 6) is 0.460. The third kappa shape index (κ3) is 2.17. The van der Waals surface area contributed by atoms with E-state index in [-0.39, 0.29) is 6.79 Å². The second-order valence-corrected chi connectivity index (χ2v) is 3.61. The van der Waals surface area contributed by atoms with Gasteiger partial charge in [-0.05, 0) is 17.7 Å². The molecular weight excluding hydrogens is 226 g/mol. The molecular formula is C11H13NO5. The van der Waals surface area contributed by atoms with Gasteiger partial charge in [-0.15, -0.1) is 0 Å². The Kier molecular flexibility index (Phi) is 3.16. The van der Waals surface area contributed by atoms with Crippen molar-refractivity contribution in [1.29, 1.82) is 0 Å². The molecule has 0 radical (unpaired) electrons. The molecule has 0 aromatic heterocycles. The molecule has 3 N–H and O–H groups in total. The molecule has 0 saturated carbocycles. The normalized spacial score (nSPS) is 16.4. The Balaban J connectivity index is 2.19. The van der Waals surface area contributed by atoms with Crippen LogP contribution in [0.3, 0.4) is 0 Å². The Morgan fingerprint density at radius 3 is 2.88 bits per heavy atom. The van der Waals surface area contributed by atoms with Crippen molar-refractivity contribution in [3.8, 4) is 11.5 Å². The zero-order valence-electron chi connectivity index (χ0n) is 9.25. The van der Waals surface area contributed by atoms with Crippen molar-refractivity contribution in [1.82, 2.24) is 0 Å². The lowest BCUT2D eigenvalue weighted by molar-refractivity contribution is -0.145. The number of aliphatic hydroxyl groups excluding tert-OH is 1. The van der Waals surface area contributed by atoms with Crippen LogP contribution in [0.15, 0.2) is 18.2 Å². The topological polar surface area (TPSA) is 91.0 Å². The van der Waals surface area contributed by atoms with Gasteiger partial charge >= 0.3 is 5.97 Å². The summed E-state index contributed by atoms with van der Waals surface area (Å²) < 4.78 is 14.8. The number of carbonyl (C=O) groups is 1. The standard InChI is InChI=1S/C11H13NO5/c1-15-11(14)9(12)10(13)6-2-3-7-8(4-6)17-5-16-7/h2-4,9-10,13H,5,12H2,1H3/t9-,10?/m0/s1. The Bertz CT molecular complexity index is 434. The Morgan fingerprint density at radius 2 is 2.18 bits per heavy atom. The summed E-state index contributed by atoms with van der Waals surface area (Å²) >= 11 is 0. The molecule has 1 heterocycles. The number of hydrogen-bond donors (Lipinski definition) is 2. The molecule has 2 rings (SSSR count). The van der Waals surface area contributed by atoms with E-state index in [1.165, 1.54) is 7.11 Å². The predicted octanol–water partition coefficient (Wildman–Crippen LogP) is -0.0510. The zero-order valence-corrected chi connectivity index (χ0v) is 9.25. The number of benzene rings is 1. The van der Waals surface area contributed by atoms with Crippen LogP contribution in [0.2, 0.25) is 0 Å². The van der Waals surface area contributed by atoms with Crippen LogP contribution in [0.5, 0.6) is 11.5 Å². The largest absolute Gasteiger partial charge is 0.468 e. The minimum Gasteiger partial charge on any atom is -0.468 e. The van der Waals surface area contributed by atoms with E-state index in [9.17, 15) is 9.90 Å². The number of esters is 1. The molecule has 0 saturated heterocycles. The Labute approximate surface area is 97.9 Å². The number of rotatable bonds is 3. The number of hydrogen-bond acceptors (Lipinski definition) is 6. The van der Waals surface area contributed by atoms with Gasteiger partial charge in [0.25, 0.3) is 0 Å². The van der Waals surface area contributed by atoms with Crippen LogP contribution in [0.25, 0.3) is 0 Å². The number of carbonyl (C=O) groups excluding carboxylic acids is 1.